The summed E-state index contributed by atoms with van der Waals surface area (Å²) in [5, 5.41) is 8.90. The van der Waals surface area contributed by atoms with Gasteiger partial charge >= 0.3 is 6.01 Å². The first-order chi connectivity index (χ1) is 22.4. The van der Waals surface area contributed by atoms with E-state index in [9.17, 15) is 31.6 Å². The molecule has 2 fully saturated rings. The Balaban J connectivity index is 1.48. The van der Waals surface area contributed by atoms with Crippen molar-refractivity contribution in [1.82, 2.24) is 14.9 Å². The number of aromatic nitrogens is 2. The first-order valence-electron chi connectivity index (χ1n) is 14.6. The van der Waals surface area contributed by atoms with Crippen LogP contribution in [-0.2, 0) is 0 Å². The van der Waals surface area contributed by atoms with Crippen molar-refractivity contribution in [3.63, 3.8) is 0 Å². The molecule has 0 amide bonds. The van der Waals surface area contributed by atoms with Crippen LogP contribution >= 0.6 is 22.9 Å². The van der Waals surface area contributed by atoms with E-state index in [1.54, 1.807) is 0 Å². The number of nitrogens with zero attached hydrogens (tertiary/aromatic N) is 5. The van der Waals surface area contributed by atoms with E-state index in [1.165, 1.54) is 6.07 Å². The monoisotopic (exact) mass is 700 g/mol. The van der Waals surface area contributed by atoms with Crippen LogP contribution in [0.4, 0.5) is 41.6 Å². The molecular formula is C30H24ClF7N6O2S. The zero-order valence-corrected chi connectivity index (χ0v) is 25.8. The molecule has 0 unspecified atom stereocenters. The lowest BCUT2D eigenvalue weighted by molar-refractivity contribution is 0.0758. The van der Waals surface area contributed by atoms with E-state index in [4.69, 9.17) is 26.8 Å². The standard InChI is InChI=1S/C30H24ClF7N6O2S/c31-21-19(13-2-3-15(33)25-18(13)14(7-39)27(40)47-25)22(36)23-20-24(21)45-10-16(26(37)38)44(9-17(34)35)28(20)42-29(41-23)46-11-30-4-1-5-43(30)8-12(32)6-30/h2-3,12,16-17,26H,1,4-6,8-11,40H2/t12-,16-,30+/m1/s1. The smallest absolute Gasteiger partial charge is 0.319 e. The molecule has 248 valence electrons. The molecule has 2 aromatic heterocycles. The molecule has 7 rings (SSSR count). The second-order valence-corrected chi connectivity index (χ2v) is 13.2. The van der Waals surface area contributed by atoms with Gasteiger partial charge in [-0.15, -0.1) is 11.3 Å². The Morgan fingerprint density at radius 2 is 2.00 bits per heavy atom. The van der Waals surface area contributed by atoms with E-state index in [1.807, 2.05) is 11.0 Å². The van der Waals surface area contributed by atoms with Crippen molar-refractivity contribution in [2.45, 2.75) is 49.9 Å². The molecule has 2 saturated heterocycles. The van der Waals surface area contributed by atoms with E-state index in [2.05, 4.69) is 9.97 Å². The van der Waals surface area contributed by atoms with Crippen LogP contribution in [0, 0.1) is 23.0 Å². The molecule has 2 N–H and O–H groups in total. The van der Waals surface area contributed by atoms with Crippen LogP contribution in [0.1, 0.15) is 24.8 Å². The van der Waals surface area contributed by atoms with Gasteiger partial charge in [0.1, 0.15) is 53.6 Å². The molecule has 17 heteroatoms. The summed E-state index contributed by atoms with van der Waals surface area (Å²) in [6.45, 7) is -1.36. The second-order valence-electron chi connectivity index (χ2n) is 11.8. The van der Waals surface area contributed by atoms with Crippen molar-refractivity contribution in [2.24, 2.45) is 0 Å². The van der Waals surface area contributed by atoms with Gasteiger partial charge in [0, 0.05) is 23.9 Å². The Morgan fingerprint density at radius 1 is 1.21 bits per heavy atom. The number of thiophene rings is 1. The van der Waals surface area contributed by atoms with Crippen molar-refractivity contribution in [2.75, 3.05) is 43.5 Å². The highest BCUT2D eigenvalue weighted by Gasteiger charge is 2.49. The number of hydrogen-bond acceptors (Lipinski definition) is 9. The summed E-state index contributed by atoms with van der Waals surface area (Å²) < 4.78 is 114. The molecule has 3 aliphatic rings. The fraction of sp³-hybridized carbons (Fsp3) is 0.433. The molecule has 3 aliphatic heterocycles. The number of halogens is 8. The van der Waals surface area contributed by atoms with Crippen molar-refractivity contribution in [1.29, 1.82) is 5.26 Å². The van der Waals surface area contributed by atoms with Gasteiger partial charge in [0.2, 0.25) is 0 Å². The predicted octanol–water partition coefficient (Wildman–Crippen LogP) is 6.95. The number of fused-ring (bicyclic) bond motifs is 2. The van der Waals surface area contributed by atoms with Gasteiger partial charge < -0.3 is 20.1 Å². The van der Waals surface area contributed by atoms with Gasteiger partial charge in [0.25, 0.3) is 12.9 Å². The minimum Gasteiger partial charge on any atom is -0.489 e. The summed E-state index contributed by atoms with van der Waals surface area (Å²) >= 11 is 7.50. The largest absolute Gasteiger partial charge is 0.489 e. The van der Waals surface area contributed by atoms with Crippen molar-refractivity contribution in [3.05, 3.63) is 34.4 Å². The number of anilines is 2. The average molecular weight is 701 g/mol. The van der Waals surface area contributed by atoms with Crippen molar-refractivity contribution >= 4 is 54.7 Å². The third-order valence-corrected chi connectivity index (χ3v) is 10.5. The highest BCUT2D eigenvalue weighted by atomic mass is 35.5. The van der Waals surface area contributed by atoms with Crippen molar-refractivity contribution in [3.8, 4) is 29.0 Å². The van der Waals surface area contributed by atoms with Crippen molar-refractivity contribution < 1.29 is 40.2 Å². The number of rotatable bonds is 7. The van der Waals surface area contributed by atoms with Crippen LogP contribution < -0.4 is 20.1 Å². The van der Waals surface area contributed by atoms with Gasteiger partial charge in [-0.2, -0.15) is 15.2 Å². The molecule has 0 saturated carbocycles. The average Bonchev–Trinajstić information content (AvgIpc) is 3.63. The summed E-state index contributed by atoms with van der Waals surface area (Å²) in [7, 11) is 0. The Kier molecular flexibility index (Phi) is 7.91. The number of nitriles is 1. The molecule has 4 aromatic rings. The first kappa shape index (κ1) is 31.8. The van der Waals surface area contributed by atoms with Gasteiger partial charge in [-0.3, -0.25) is 4.90 Å². The van der Waals surface area contributed by atoms with Gasteiger partial charge in [-0.05, 0) is 31.0 Å². The number of benzene rings is 2. The zero-order chi connectivity index (χ0) is 33.4. The maximum Gasteiger partial charge on any atom is 0.319 e. The quantitative estimate of drug-likeness (QED) is 0.207. The SMILES string of the molecule is N#Cc1c(N)sc2c(F)ccc(-c3c(Cl)c4c5c(nc(OC[C@@]67CCCN6C[C@H](F)C7)nc5c3F)N(CC(F)F)[C@@H](C(F)F)CO4)c12. The normalized spacial score (nSPS) is 22.7. The van der Waals surface area contributed by atoms with E-state index < -0.39 is 83.3 Å². The lowest BCUT2D eigenvalue weighted by atomic mass is 9.95. The molecule has 0 aliphatic carbocycles. The third kappa shape index (κ3) is 5.05. The Morgan fingerprint density at radius 3 is 2.72 bits per heavy atom. The van der Waals surface area contributed by atoms with Gasteiger partial charge in [-0.1, -0.05) is 17.7 Å². The summed E-state index contributed by atoms with van der Waals surface area (Å²) in [6, 6.07) is 1.61. The fourth-order valence-electron chi connectivity index (χ4n) is 7.03. The summed E-state index contributed by atoms with van der Waals surface area (Å²) in [5.74, 6) is -2.80. The minimum atomic E-state index is -3.21. The highest BCUT2D eigenvalue weighted by molar-refractivity contribution is 7.23. The second kappa shape index (κ2) is 11.7. The maximum atomic E-state index is 16.9. The molecule has 0 radical (unpaired) electrons. The predicted molar refractivity (Wildman–Crippen MR) is 162 cm³/mol. The topological polar surface area (TPSA) is 101 Å². The lowest BCUT2D eigenvalue weighted by Gasteiger charge is -2.32. The molecule has 2 aromatic carbocycles. The molecule has 0 bridgehead atoms. The third-order valence-electron chi connectivity index (χ3n) is 9.07. The number of nitrogen functional groups attached to an aromatic ring is 1. The Hall–Kier alpha value is -3.81. The summed E-state index contributed by atoms with van der Waals surface area (Å²) in [5.41, 5.74) is 4.07. The van der Waals surface area contributed by atoms with Gasteiger partial charge in [-0.25, -0.2) is 30.7 Å². The Labute approximate surface area is 271 Å². The van der Waals surface area contributed by atoms with Gasteiger partial charge in [0.15, 0.2) is 11.6 Å². The molecule has 0 spiro atoms. The van der Waals surface area contributed by atoms with Crippen LogP contribution in [0.5, 0.6) is 11.8 Å². The van der Waals surface area contributed by atoms with Gasteiger partial charge in [0.05, 0.1) is 32.8 Å². The van der Waals surface area contributed by atoms with E-state index in [-0.39, 0.29) is 56.9 Å². The van der Waals surface area contributed by atoms with Crippen LogP contribution in [0.2, 0.25) is 5.02 Å². The Bertz CT molecular complexity index is 1960. The first-order valence-corrected chi connectivity index (χ1v) is 15.7. The maximum absolute atomic E-state index is 16.9. The van der Waals surface area contributed by atoms with E-state index in [0.29, 0.717) is 17.9 Å². The lowest BCUT2D eigenvalue weighted by Crippen LogP contribution is -2.46. The summed E-state index contributed by atoms with van der Waals surface area (Å²) in [6.07, 6.45) is -5.90. The highest BCUT2D eigenvalue weighted by Crippen LogP contribution is 2.51. The number of nitrogens with two attached hydrogens (primary N) is 1. The fourth-order valence-corrected chi connectivity index (χ4v) is 8.31. The van der Waals surface area contributed by atoms with Crippen LogP contribution in [-0.4, -0.2) is 78.3 Å². The number of alkyl halides is 5. The van der Waals surface area contributed by atoms with E-state index in [0.717, 1.165) is 23.8 Å². The van der Waals surface area contributed by atoms with Crippen LogP contribution in [0.25, 0.3) is 32.1 Å². The molecule has 5 heterocycles. The molecular weight excluding hydrogens is 677 g/mol. The summed E-state index contributed by atoms with van der Waals surface area (Å²) in [4.78, 5) is 11.0. The number of ether oxygens (including phenoxy) is 2. The minimum absolute atomic E-state index is 0.0361. The van der Waals surface area contributed by atoms with Crippen LogP contribution in [0.15, 0.2) is 12.1 Å². The van der Waals surface area contributed by atoms with E-state index >= 15 is 4.39 Å². The molecule has 47 heavy (non-hydrogen) atoms. The molecule has 3 atom stereocenters. The molecule has 8 nitrogen and oxygen atoms in total. The number of hydrogen-bond donors (Lipinski definition) is 1. The zero-order valence-electron chi connectivity index (χ0n) is 24.2. The van der Waals surface area contributed by atoms with Crippen LogP contribution in [0.3, 0.4) is 0 Å².